The Kier molecular flexibility index (Phi) is 15.8. The van der Waals surface area contributed by atoms with Gasteiger partial charge in [-0.3, -0.25) is 24.1 Å². The van der Waals surface area contributed by atoms with E-state index in [0.717, 1.165) is 36.3 Å². The Labute approximate surface area is 350 Å². The molecule has 2 bridgehead atoms. The number of anilines is 1. The fraction of sp³-hybridized carbons (Fsp3) is 0.705. The number of fused-ring (bicyclic) bond motifs is 2. The highest BCUT2D eigenvalue weighted by Crippen LogP contribution is 2.46. The second-order valence-electron chi connectivity index (χ2n) is 17.5. The van der Waals surface area contributed by atoms with Crippen molar-refractivity contribution in [1.82, 2.24) is 30.3 Å². The molecular weight excluding hydrogens is 755 g/mol. The maximum atomic E-state index is 14.4. The number of thiazole rings is 1. The number of nitrogens with two attached hydrogens (primary N) is 1. The van der Waals surface area contributed by atoms with Gasteiger partial charge in [-0.2, -0.15) is 0 Å². The lowest BCUT2D eigenvalue weighted by Crippen LogP contribution is -2.60. The Bertz CT molecular complexity index is 1680. The van der Waals surface area contributed by atoms with E-state index >= 15 is 0 Å². The Morgan fingerprint density at radius 3 is 2.31 bits per heavy atom. The van der Waals surface area contributed by atoms with Gasteiger partial charge in [0.1, 0.15) is 11.0 Å². The molecule has 2 aliphatic heterocycles. The number of likely N-dealkylation sites (N-methyl/N-ethyl adjacent to an activating group) is 2. The molecule has 0 unspecified atom stereocenters. The van der Waals surface area contributed by atoms with Gasteiger partial charge in [-0.25, -0.2) is 4.98 Å². The summed E-state index contributed by atoms with van der Waals surface area (Å²) < 4.78 is 12.1. The zero-order valence-corrected chi connectivity index (χ0v) is 37.2. The molecule has 1 aliphatic carbocycles. The summed E-state index contributed by atoms with van der Waals surface area (Å²) in [7, 11) is 6.99. The van der Waals surface area contributed by atoms with Gasteiger partial charge in [0, 0.05) is 51.1 Å². The molecule has 1 aromatic heterocycles. The molecule has 12 atom stereocenters. The van der Waals surface area contributed by atoms with Gasteiger partial charge in [-0.05, 0) is 80.5 Å². The average molecular weight is 824 g/mol. The van der Waals surface area contributed by atoms with Gasteiger partial charge >= 0.3 is 0 Å². The van der Waals surface area contributed by atoms with Gasteiger partial charge in [-0.1, -0.05) is 60.1 Å². The maximum absolute atomic E-state index is 14.4. The van der Waals surface area contributed by atoms with Gasteiger partial charge in [0.15, 0.2) is 0 Å². The third-order valence-corrected chi connectivity index (χ3v) is 14.6. The van der Waals surface area contributed by atoms with Crippen LogP contribution in [0.1, 0.15) is 96.7 Å². The van der Waals surface area contributed by atoms with E-state index in [9.17, 15) is 19.2 Å². The van der Waals surface area contributed by atoms with Crippen LogP contribution in [0, 0.1) is 29.6 Å². The molecule has 1 aromatic carbocycles. The summed E-state index contributed by atoms with van der Waals surface area (Å²) in [6.45, 7) is 12.7. The first kappa shape index (κ1) is 45.5. The average Bonchev–Trinajstić information content (AvgIpc) is 4.03. The zero-order valence-electron chi connectivity index (χ0n) is 36.4. The normalized spacial score (nSPS) is 25.5. The topological polar surface area (TPSA) is 159 Å². The first-order valence-corrected chi connectivity index (χ1v) is 22.2. The second-order valence-corrected chi connectivity index (χ2v) is 18.4. The van der Waals surface area contributed by atoms with Crippen molar-refractivity contribution in [2.24, 2.45) is 29.6 Å². The molecular formula is C44H69N7O6S. The highest BCUT2D eigenvalue weighted by atomic mass is 32.1. The highest BCUT2D eigenvalue weighted by molar-refractivity contribution is 7.09. The lowest BCUT2D eigenvalue weighted by molar-refractivity contribution is -0.148. The fourth-order valence-corrected chi connectivity index (χ4v) is 10.8. The van der Waals surface area contributed by atoms with Crippen molar-refractivity contribution in [3.05, 3.63) is 46.4 Å². The number of nitrogens with zero attached hydrogens (tertiary/aromatic N) is 4. The van der Waals surface area contributed by atoms with Crippen molar-refractivity contribution in [1.29, 1.82) is 0 Å². The largest absolute Gasteiger partial charge is 0.399 e. The predicted octanol–water partition coefficient (Wildman–Crippen LogP) is 4.92. The molecule has 58 heavy (non-hydrogen) atoms. The number of hydrogen-bond donors (Lipinski definition) is 3. The van der Waals surface area contributed by atoms with Crippen LogP contribution in [0.4, 0.5) is 5.69 Å². The molecule has 4 amide bonds. The standard InChI is InChI=1S/C44H69N7O6S/c1-11-26(4)38(50(8)44(55)37(25(2)3)48-42(54)39-31-18-19-33(27(31)5)49(39)7)35(56-9)24-36(52)51-21-12-13-34(51)40(57-10)28(6)41(53)47-32(43-46-20-22-58-43)23-29-14-16-30(45)17-15-29/h14-17,20,22,25-28,31-35,37-40H,11-13,18-19,21,23-24,45H2,1-10H3,(H,47,53)(H,48,54)/t26-,27-,28+,31-,32-,33-,34-,35+,37-,38-,39-,40+/m0/s1. The van der Waals surface area contributed by atoms with Gasteiger partial charge < -0.3 is 35.6 Å². The summed E-state index contributed by atoms with van der Waals surface area (Å²) in [6.07, 6.45) is 5.54. The smallest absolute Gasteiger partial charge is 0.245 e. The summed E-state index contributed by atoms with van der Waals surface area (Å²) in [5.74, 6) is -0.540. The second kappa shape index (κ2) is 20.1. The number of piperidine rings is 1. The fourth-order valence-electron chi connectivity index (χ4n) is 10.2. The van der Waals surface area contributed by atoms with Crippen LogP contribution in [0.2, 0.25) is 0 Å². The molecule has 322 valence electrons. The van der Waals surface area contributed by atoms with Crippen LogP contribution in [0.5, 0.6) is 0 Å². The van der Waals surface area contributed by atoms with E-state index < -0.39 is 30.2 Å². The Balaban J connectivity index is 1.27. The third kappa shape index (κ3) is 9.88. The molecule has 4 N–H and O–H groups in total. The van der Waals surface area contributed by atoms with E-state index in [2.05, 4.69) is 41.3 Å². The minimum Gasteiger partial charge on any atom is -0.399 e. The van der Waals surface area contributed by atoms with E-state index in [0.29, 0.717) is 37.0 Å². The summed E-state index contributed by atoms with van der Waals surface area (Å²) in [5, 5.41) is 9.09. The number of nitrogens with one attached hydrogen (secondary N) is 2. The van der Waals surface area contributed by atoms with Crippen LogP contribution in [-0.4, -0.2) is 121 Å². The molecule has 2 saturated heterocycles. The number of benzene rings is 1. The zero-order chi connectivity index (χ0) is 42.4. The quantitative estimate of drug-likeness (QED) is 0.167. The molecule has 14 heteroatoms. The van der Waals surface area contributed by atoms with E-state index in [1.807, 2.05) is 62.4 Å². The molecule has 5 rings (SSSR count). The number of likely N-dealkylation sites (tertiary alicyclic amines) is 2. The molecule has 0 radical (unpaired) electrons. The molecule has 2 aromatic rings. The number of nitrogen functional groups attached to an aromatic ring is 1. The van der Waals surface area contributed by atoms with E-state index in [4.69, 9.17) is 15.2 Å². The van der Waals surface area contributed by atoms with Crippen molar-refractivity contribution in [2.75, 3.05) is 40.6 Å². The van der Waals surface area contributed by atoms with Crippen molar-refractivity contribution >= 4 is 40.7 Å². The number of rotatable bonds is 19. The summed E-state index contributed by atoms with van der Waals surface area (Å²) in [5.41, 5.74) is 7.61. The van der Waals surface area contributed by atoms with Gasteiger partial charge in [-0.15, -0.1) is 11.3 Å². The van der Waals surface area contributed by atoms with E-state index in [-0.39, 0.29) is 65.9 Å². The van der Waals surface area contributed by atoms with Crippen molar-refractivity contribution < 1.29 is 28.7 Å². The van der Waals surface area contributed by atoms with Gasteiger partial charge in [0.2, 0.25) is 23.6 Å². The molecule has 3 aliphatic rings. The Morgan fingerprint density at radius 2 is 1.74 bits per heavy atom. The number of aromatic nitrogens is 1. The number of hydrogen-bond acceptors (Lipinski definition) is 10. The number of amides is 4. The Hall–Kier alpha value is -3.59. The predicted molar refractivity (Wildman–Crippen MR) is 228 cm³/mol. The van der Waals surface area contributed by atoms with Crippen LogP contribution < -0.4 is 16.4 Å². The summed E-state index contributed by atoms with van der Waals surface area (Å²) in [4.78, 5) is 66.9. The number of carbonyl (C=O) groups is 4. The molecule has 1 saturated carbocycles. The summed E-state index contributed by atoms with van der Waals surface area (Å²) in [6, 6.07) is 5.95. The minimum absolute atomic E-state index is 0.00314. The SMILES string of the molecule is CC[C@H](C)[C@@H]([C@@H](CC(=O)N1CCC[C@H]1[C@H](OC)[C@@H](C)C(=O)N[C@@H](Cc1ccc(N)cc1)c1nccs1)OC)N(C)C(=O)[C@@H](NC(=O)[C@@H]1[C@H]2CC[C@@H]([C@H]2C)N1C)C(C)C. The van der Waals surface area contributed by atoms with E-state index in [1.54, 1.807) is 32.4 Å². The lowest BCUT2D eigenvalue weighted by atomic mass is 9.89. The summed E-state index contributed by atoms with van der Waals surface area (Å²) >= 11 is 1.49. The number of methoxy groups -OCH3 is 2. The highest BCUT2D eigenvalue weighted by Gasteiger charge is 2.53. The van der Waals surface area contributed by atoms with E-state index in [1.165, 1.54) is 11.3 Å². The van der Waals surface area contributed by atoms with Gasteiger partial charge in [0.05, 0.1) is 48.7 Å². The lowest BCUT2D eigenvalue weighted by Gasteiger charge is -2.41. The first-order valence-electron chi connectivity index (χ1n) is 21.3. The first-order chi connectivity index (χ1) is 27.6. The van der Waals surface area contributed by atoms with Crippen LogP contribution in [0.25, 0.3) is 0 Å². The molecule has 13 nitrogen and oxygen atoms in total. The number of ether oxygens (including phenoxy) is 2. The molecule has 0 spiro atoms. The van der Waals surface area contributed by atoms with Crippen LogP contribution in [-0.2, 0) is 35.1 Å². The Morgan fingerprint density at radius 1 is 1.03 bits per heavy atom. The van der Waals surface area contributed by atoms with Gasteiger partial charge in [0.25, 0.3) is 0 Å². The molecule has 3 fully saturated rings. The number of carbonyl (C=O) groups excluding carboxylic acids is 4. The molecule has 3 heterocycles. The van der Waals surface area contributed by atoms with Crippen molar-refractivity contribution in [3.8, 4) is 0 Å². The van der Waals surface area contributed by atoms with Crippen LogP contribution >= 0.6 is 11.3 Å². The van der Waals surface area contributed by atoms with Crippen molar-refractivity contribution in [2.45, 2.75) is 135 Å². The van der Waals surface area contributed by atoms with Crippen LogP contribution in [0.3, 0.4) is 0 Å². The maximum Gasteiger partial charge on any atom is 0.245 e. The third-order valence-electron chi connectivity index (χ3n) is 13.7. The monoisotopic (exact) mass is 824 g/mol. The van der Waals surface area contributed by atoms with Crippen LogP contribution in [0.15, 0.2) is 35.8 Å². The van der Waals surface area contributed by atoms with Crippen molar-refractivity contribution in [3.63, 3.8) is 0 Å². The minimum atomic E-state index is -0.722.